The van der Waals surface area contributed by atoms with E-state index in [1.165, 1.54) is 0 Å². The van der Waals surface area contributed by atoms with Gasteiger partial charge in [0.2, 0.25) is 0 Å². The van der Waals surface area contributed by atoms with Crippen LogP contribution in [0.25, 0.3) is 0 Å². The average molecular weight is 224 g/mol. The molecule has 1 aromatic rings. The highest BCUT2D eigenvalue weighted by Crippen LogP contribution is 2.24. The maximum absolute atomic E-state index is 11.8. The molecule has 1 heterocycles. The Morgan fingerprint density at radius 2 is 2.00 bits per heavy atom. The Bertz CT molecular complexity index is 309. The van der Waals surface area contributed by atoms with Gasteiger partial charge in [-0.05, 0) is 5.16 Å². The smallest absolute Gasteiger partial charge is 0.392 e. The second-order valence-electron chi connectivity index (χ2n) is 3.32. The Labute approximate surface area is 84.4 Å². The van der Waals surface area contributed by atoms with Crippen LogP contribution in [0.1, 0.15) is 31.9 Å². The molecule has 1 aromatic heterocycles. The molecule has 0 aliphatic carbocycles. The number of aromatic nitrogens is 2. The quantitative estimate of drug-likeness (QED) is 0.788. The van der Waals surface area contributed by atoms with E-state index in [0.717, 1.165) is 0 Å². The van der Waals surface area contributed by atoms with Gasteiger partial charge in [-0.3, -0.25) is 0 Å². The Morgan fingerprint density at radius 3 is 2.53 bits per heavy atom. The monoisotopic (exact) mass is 224 g/mol. The Hall–Kier alpha value is -1.27. The van der Waals surface area contributed by atoms with Gasteiger partial charge in [-0.1, -0.05) is 19.0 Å². The molecule has 0 aliphatic heterocycles. The minimum Gasteiger partial charge on any atom is -0.474 e. The molecule has 0 aliphatic rings. The van der Waals surface area contributed by atoms with Crippen molar-refractivity contribution in [2.45, 2.75) is 32.4 Å². The number of halogens is 3. The lowest BCUT2D eigenvalue weighted by molar-refractivity contribution is -0.139. The van der Waals surface area contributed by atoms with Crippen LogP contribution in [0.4, 0.5) is 13.2 Å². The largest absolute Gasteiger partial charge is 0.474 e. The molecule has 0 fully saturated rings. The first-order valence-corrected chi connectivity index (χ1v) is 4.42. The summed E-state index contributed by atoms with van der Waals surface area (Å²) in [5.41, 5.74) is 0.428. The minimum atomic E-state index is -4.23. The molecule has 0 N–H and O–H groups in total. The van der Waals surface area contributed by atoms with Gasteiger partial charge >= 0.3 is 6.18 Å². The number of ether oxygens (including phenoxy) is 1. The Balaban J connectivity index is 2.47. The standard InChI is InChI=1S/C8H11F3N2O2/c1-5(2)6-7(13-15-12-6)14-4-3-8(9,10)11/h5H,3-4H2,1-2H3. The third kappa shape index (κ3) is 3.77. The molecule has 0 spiro atoms. The van der Waals surface area contributed by atoms with Gasteiger partial charge in [-0.2, -0.15) is 13.2 Å². The molecular formula is C8H11F3N2O2. The molecule has 0 unspecified atom stereocenters. The van der Waals surface area contributed by atoms with Crippen LogP contribution in [-0.4, -0.2) is 23.1 Å². The zero-order valence-corrected chi connectivity index (χ0v) is 8.34. The number of nitrogens with zero attached hydrogens (tertiary/aromatic N) is 2. The van der Waals surface area contributed by atoms with E-state index >= 15 is 0 Å². The van der Waals surface area contributed by atoms with Crippen molar-refractivity contribution >= 4 is 0 Å². The third-order valence-corrected chi connectivity index (χ3v) is 1.65. The van der Waals surface area contributed by atoms with Crippen LogP contribution in [0.2, 0.25) is 0 Å². The fourth-order valence-corrected chi connectivity index (χ4v) is 0.903. The minimum absolute atomic E-state index is 0.00265. The first kappa shape index (κ1) is 11.8. The summed E-state index contributed by atoms with van der Waals surface area (Å²) in [7, 11) is 0. The summed E-state index contributed by atoms with van der Waals surface area (Å²) in [5.74, 6) is 0.0337. The van der Waals surface area contributed by atoms with E-state index in [-0.39, 0.29) is 11.8 Å². The highest BCUT2D eigenvalue weighted by Gasteiger charge is 2.27. The van der Waals surface area contributed by atoms with Gasteiger partial charge in [-0.15, -0.1) is 0 Å². The molecular weight excluding hydrogens is 213 g/mol. The Kier molecular flexibility index (Phi) is 3.54. The van der Waals surface area contributed by atoms with E-state index in [2.05, 4.69) is 14.9 Å². The molecule has 7 heteroatoms. The molecule has 1 rings (SSSR count). The van der Waals surface area contributed by atoms with E-state index in [4.69, 9.17) is 4.74 Å². The van der Waals surface area contributed by atoms with Crippen molar-refractivity contribution in [1.82, 2.24) is 10.3 Å². The van der Waals surface area contributed by atoms with Crippen molar-refractivity contribution in [2.24, 2.45) is 0 Å². The SMILES string of the molecule is CC(C)c1nonc1OCCC(F)(F)F. The van der Waals surface area contributed by atoms with Crippen LogP contribution in [0.15, 0.2) is 4.63 Å². The van der Waals surface area contributed by atoms with Gasteiger partial charge in [0.05, 0.1) is 13.0 Å². The summed E-state index contributed by atoms with van der Waals surface area (Å²) in [5, 5.41) is 6.92. The van der Waals surface area contributed by atoms with Gasteiger partial charge in [-0.25, -0.2) is 4.63 Å². The lowest BCUT2D eigenvalue weighted by atomic mass is 10.1. The van der Waals surface area contributed by atoms with Crippen LogP contribution in [-0.2, 0) is 0 Å². The molecule has 0 atom stereocenters. The topological polar surface area (TPSA) is 48.2 Å². The van der Waals surface area contributed by atoms with Gasteiger partial charge in [0.1, 0.15) is 0 Å². The number of alkyl halides is 3. The average Bonchev–Trinajstić information content (AvgIpc) is 2.49. The first-order valence-electron chi connectivity index (χ1n) is 4.42. The van der Waals surface area contributed by atoms with Crippen molar-refractivity contribution in [3.63, 3.8) is 0 Å². The van der Waals surface area contributed by atoms with Crippen molar-refractivity contribution in [2.75, 3.05) is 6.61 Å². The molecule has 86 valence electrons. The second-order valence-corrected chi connectivity index (χ2v) is 3.32. The number of hydrogen-bond donors (Lipinski definition) is 0. The fraction of sp³-hybridized carbons (Fsp3) is 0.750. The second kappa shape index (κ2) is 4.50. The van der Waals surface area contributed by atoms with E-state index in [0.29, 0.717) is 5.69 Å². The van der Waals surface area contributed by atoms with Crippen molar-refractivity contribution in [3.05, 3.63) is 5.69 Å². The molecule has 0 saturated carbocycles. The normalized spacial score (nSPS) is 12.1. The van der Waals surface area contributed by atoms with Crippen molar-refractivity contribution < 1.29 is 22.5 Å². The summed E-state index contributed by atoms with van der Waals surface area (Å²) in [6, 6.07) is 0. The maximum atomic E-state index is 11.8. The molecule has 15 heavy (non-hydrogen) atoms. The van der Waals surface area contributed by atoms with Gasteiger partial charge < -0.3 is 4.74 Å². The first-order chi connectivity index (χ1) is 6.90. The van der Waals surface area contributed by atoms with E-state index < -0.39 is 19.2 Å². The molecule has 0 aromatic carbocycles. The van der Waals surface area contributed by atoms with Gasteiger partial charge in [0.25, 0.3) is 5.88 Å². The predicted molar refractivity (Wildman–Crippen MR) is 44.6 cm³/mol. The summed E-state index contributed by atoms with van der Waals surface area (Å²) in [6.45, 7) is 3.16. The van der Waals surface area contributed by atoms with Crippen molar-refractivity contribution in [3.8, 4) is 5.88 Å². The molecule has 0 radical (unpaired) electrons. The zero-order chi connectivity index (χ0) is 11.5. The van der Waals surface area contributed by atoms with Gasteiger partial charge in [0, 0.05) is 5.92 Å². The molecule has 0 bridgehead atoms. The fourth-order valence-electron chi connectivity index (χ4n) is 0.903. The third-order valence-electron chi connectivity index (χ3n) is 1.65. The highest BCUT2D eigenvalue weighted by atomic mass is 19.4. The molecule has 0 amide bonds. The summed E-state index contributed by atoms with van der Waals surface area (Å²) < 4.78 is 44.6. The summed E-state index contributed by atoms with van der Waals surface area (Å²) in [4.78, 5) is 0. The lowest BCUT2D eigenvalue weighted by Crippen LogP contribution is -2.13. The summed E-state index contributed by atoms with van der Waals surface area (Å²) in [6.07, 6.45) is -5.24. The van der Waals surface area contributed by atoms with Crippen LogP contribution in [0.3, 0.4) is 0 Å². The van der Waals surface area contributed by atoms with Crippen LogP contribution >= 0.6 is 0 Å². The molecule has 0 saturated heterocycles. The van der Waals surface area contributed by atoms with E-state index in [9.17, 15) is 13.2 Å². The predicted octanol–water partition coefficient (Wildman–Crippen LogP) is 2.52. The van der Waals surface area contributed by atoms with Crippen LogP contribution in [0, 0.1) is 0 Å². The van der Waals surface area contributed by atoms with E-state index in [1.807, 2.05) is 13.8 Å². The van der Waals surface area contributed by atoms with E-state index in [1.54, 1.807) is 0 Å². The highest BCUT2D eigenvalue weighted by molar-refractivity contribution is 5.17. The lowest BCUT2D eigenvalue weighted by Gasteiger charge is -2.07. The molecule has 4 nitrogen and oxygen atoms in total. The summed E-state index contributed by atoms with van der Waals surface area (Å²) >= 11 is 0. The van der Waals surface area contributed by atoms with Crippen LogP contribution < -0.4 is 4.74 Å². The number of hydrogen-bond acceptors (Lipinski definition) is 4. The number of rotatable bonds is 4. The zero-order valence-electron chi connectivity index (χ0n) is 8.34. The van der Waals surface area contributed by atoms with Gasteiger partial charge in [0.15, 0.2) is 5.69 Å². The Morgan fingerprint density at radius 1 is 1.33 bits per heavy atom. The van der Waals surface area contributed by atoms with Crippen molar-refractivity contribution in [1.29, 1.82) is 0 Å². The van der Waals surface area contributed by atoms with Crippen LogP contribution in [0.5, 0.6) is 5.88 Å². The maximum Gasteiger partial charge on any atom is 0.392 e.